The number of aryl methyl sites for hydroxylation is 1. The Kier molecular flexibility index (Phi) is 6.24. The third-order valence-corrected chi connectivity index (χ3v) is 4.20. The zero-order valence-electron chi connectivity index (χ0n) is 14.1. The first kappa shape index (κ1) is 18.6. The fourth-order valence-electron chi connectivity index (χ4n) is 1.91. The largest absolute Gasteiger partial charge is 0.453 e. The Morgan fingerprint density at radius 1 is 1.24 bits per heavy atom. The number of thiazole rings is 1. The molecule has 0 aliphatic heterocycles. The predicted molar refractivity (Wildman–Crippen MR) is 92.1 cm³/mol. The molecule has 1 aromatic heterocycles. The molecule has 0 aliphatic rings. The number of esters is 1. The van der Waals surface area contributed by atoms with Crippen LogP contribution in [0.5, 0.6) is 0 Å². The van der Waals surface area contributed by atoms with Gasteiger partial charge in [-0.15, -0.1) is 11.3 Å². The minimum atomic E-state index is -1.11. The topological polar surface area (TPSA) is 94.6 Å². The number of ether oxygens (including phenoxy) is 2. The molecule has 0 unspecified atom stereocenters. The lowest BCUT2D eigenvalue weighted by Crippen LogP contribution is -2.39. The average Bonchev–Trinajstić information content (AvgIpc) is 3.03. The number of amides is 2. The van der Waals surface area contributed by atoms with E-state index in [-0.39, 0.29) is 6.42 Å². The van der Waals surface area contributed by atoms with Crippen LogP contribution in [0.15, 0.2) is 29.6 Å². The number of carbonyl (C=O) groups is 3. The summed E-state index contributed by atoms with van der Waals surface area (Å²) >= 11 is 1.43. The first-order chi connectivity index (χ1) is 11.9. The van der Waals surface area contributed by atoms with E-state index < -0.39 is 24.1 Å². The van der Waals surface area contributed by atoms with Crippen molar-refractivity contribution in [3.05, 3.63) is 40.9 Å². The molecule has 0 saturated heterocycles. The number of methoxy groups -OCH3 is 1. The second-order valence-electron chi connectivity index (χ2n) is 5.30. The highest BCUT2D eigenvalue weighted by atomic mass is 32.1. The normalized spacial score (nSPS) is 11.5. The molecule has 2 amide bonds. The Labute approximate surface area is 149 Å². The Bertz CT molecular complexity index is 770. The molecule has 0 fully saturated rings. The van der Waals surface area contributed by atoms with Gasteiger partial charge in [0.15, 0.2) is 6.10 Å². The van der Waals surface area contributed by atoms with Crippen LogP contribution >= 0.6 is 11.3 Å². The van der Waals surface area contributed by atoms with Gasteiger partial charge in [0.1, 0.15) is 5.01 Å². The summed E-state index contributed by atoms with van der Waals surface area (Å²) in [6.45, 7) is 3.37. The van der Waals surface area contributed by atoms with E-state index in [1.807, 2.05) is 36.5 Å². The van der Waals surface area contributed by atoms with Gasteiger partial charge in [0.2, 0.25) is 0 Å². The molecule has 7 nitrogen and oxygen atoms in total. The van der Waals surface area contributed by atoms with E-state index in [4.69, 9.17) is 4.74 Å². The second kappa shape index (κ2) is 8.39. The van der Waals surface area contributed by atoms with Crippen molar-refractivity contribution in [1.82, 2.24) is 10.3 Å². The van der Waals surface area contributed by atoms with E-state index >= 15 is 0 Å². The molecule has 0 radical (unpaired) electrons. The van der Waals surface area contributed by atoms with Gasteiger partial charge in [-0.25, -0.2) is 9.78 Å². The maximum atomic E-state index is 11.9. The van der Waals surface area contributed by atoms with E-state index in [0.29, 0.717) is 5.69 Å². The number of benzene rings is 1. The zero-order chi connectivity index (χ0) is 18.4. The summed E-state index contributed by atoms with van der Waals surface area (Å²) in [4.78, 5) is 38.9. The minimum absolute atomic E-state index is 0.0573. The van der Waals surface area contributed by atoms with E-state index in [0.717, 1.165) is 23.2 Å². The first-order valence-electron chi connectivity index (χ1n) is 7.48. The Balaban J connectivity index is 1.91. The van der Waals surface area contributed by atoms with Gasteiger partial charge in [0.05, 0.1) is 19.2 Å². The minimum Gasteiger partial charge on any atom is -0.453 e. The summed E-state index contributed by atoms with van der Waals surface area (Å²) in [7, 11) is 1.13. The van der Waals surface area contributed by atoms with Crippen molar-refractivity contribution in [2.45, 2.75) is 26.4 Å². The van der Waals surface area contributed by atoms with E-state index in [1.165, 1.54) is 18.3 Å². The summed E-state index contributed by atoms with van der Waals surface area (Å²) < 4.78 is 9.30. The van der Waals surface area contributed by atoms with Crippen LogP contribution in [-0.2, 0) is 25.5 Å². The smallest absolute Gasteiger partial charge is 0.413 e. The van der Waals surface area contributed by atoms with Crippen molar-refractivity contribution in [3.63, 3.8) is 0 Å². The number of carbonyl (C=O) groups excluding carboxylic acids is 3. The fourth-order valence-corrected chi connectivity index (χ4v) is 2.74. The molecule has 1 heterocycles. The van der Waals surface area contributed by atoms with Crippen molar-refractivity contribution in [3.8, 4) is 10.6 Å². The predicted octanol–water partition coefficient (Wildman–Crippen LogP) is 2.48. The number of alkyl carbamates (subject to hydrolysis) is 1. The summed E-state index contributed by atoms with van der Waals surface area (Å²) in [6, 6.07) is 7.92. The lowest BCUT2D eigenvalue weighted by atomic mass is 10.2. The third kappa shape index (κ3) is 5.39. The standard InChI is InChI=1S/C17H18N2O5S/c1-10-4-6-12(7-5-10)16-18-13(9-25-16)8-14(20)24-11(2)15(21)19-17(22)23-3/h4-7,9,11H,8H2,1-3H3,(H,19,21,22)/t11-/m0/s1. The number of hydrogen-bond donors (Lipinski definition) is 1. The molecule has 0 saturated carbocycles. The van der Waals surface area contributed by atoms with Crippen molar-refractivity contribution in [2.24, 2.45) is 0 Å². The second-order valence-corrected chi connectivity index (χ2v) is 6.16. The number of nitrogens with zero attached hydrogens (tertiary/aromatic N) is 1. The highest BCUT2D eigenvalue weighted by Crippen LogP contribution is 2.24. The molecular formula is C17H18N2O5S. The molecule has 2 rings (SSSR count). The SMILES string of the molecule is COC(=O)NC(=O)[C@H](C)OC(=O)Cc1csc(-c2ccc(C)cc2)n1. The van der Waals surface area contributed by atoms with Crippen LogP contribution < -0.4 is 5.32 Å². The number of nitrogens with one attached hydrogen (secondary N) is 1. The van der Waals surface area contributed by atoms with Crippen molar-refractivity contribution in [2.75, 3.05) is 7.11 Å². The first-order valence-corrected chi connectivity index (χ1v) is 8.36. The highest BCUT2D eigenvalue weighted by molar-refractivity contribution is 7.13. The van der Waals surface area contributed by atoms with Crippen LogP contribution in [0.25, 0.3) is 10.6 Å². The van der Waals surface area contributed by atoms with Crippen LogP contribution in [-0.4, -0.2) is 36.2 Å². The van der Waals surface area contributed by atoms with Gasteiger partial charge in [0.25, 0.3) is 5.91 Å². The number of hydrogen-bond acceptors (Lipinski definition) is 7. The van der Waals surface area contributed by atoms with Gasteiger partial charge in [-0.1, -0.05) is 29.8 Å². The Morgan fingerprint density at radius 2 is 1.92 bits per heavy atom. The average molecular weight is 362 g/mol. The molecule has 132 valence electrons. The lowest BCUT2D eigenvalue weighted by Gasteiger charge is -2.11. The van der Waals surface area contributed by atoms with Gasteiger partial charge in [-0.05, 0) is 13.8 Å². The molecule has 0 aliphatic carbocycles. The van der Waals surface area contributed by atoms with Crippen molar-refractivity contribution < 1.29 is 23.9 Å². The number of imide groups is 1. The third-order valence-electron chi connectivity index (χ3n) is 3.26. The van der Waals surface area contributed by atoms with Gasteiger partial charge in [-0.2, -0.15) is 0 Å². The Hall–Kier alpha value is -2.74. The lowest BCUT2D eigenvalue weighted by molar-refractivity contribution is -0.154. The van der Waals surface area contributed by atoms with Crippen LogP contribution in [0, 0.1) is 6.92 Å². The quantitative estimate of drug-likeness (QED) is 0.821. The molecule has 0 spiro atoms. The summed E-state index contributed by atoms with van der Waals surface area (Å²) in [5.41, 5.74) is 2.69. The van der Waals surface area contributed by atoms with Crippen LogP contribution in [0.3, 0.4) is 0 Å². The van der Waals surface area contributed by atoms with Crippen molar-refractivity contribution in [1.29, 1.82) is 0 Å². The van der Waals surface area contributed by atoms with Gasteiger partial charge in [-0.3, -0.25) is 14.9 Å². The van der Waals surface area contributed by atoms with Crippen LogP contribution in [0.1, 0.15) is 18.2 Å². The van der Waals surface area contributed by atoms with Crippen LogP contribution in [0.2, 0.25) is 0 Å². The van der Waals surface area contributed by atoms with Crippen LogP contribution in [0.4, 0.5) is 4.79 Å². The molecule has 25 heavy (non-hydrogen) atoms. The molecule has 8 heteroatoms. The van der Waals surface area contributed by atoms with E-state index in [2.05, 4.69) is 9.72 Å². The molecule has 0 bridgehead atoms. The fraction of sp³-hybridized carbons (Fsp3) is 0.294. The summed E-state index contributed by atoms with van der Waals surface area (Å²) in [5.74, 6) is -1.35. The zero-order valence-corrected chi connectivity index (χ0v) is 14.9. The Morgan fingerprint density at radius 3 is 2.56 bits per heavy atom. The van der Waals surface area contributed by atoms with E-state index in [9.17, 15) is 14.4 Å². The van der Waals surface area contributed by atoms with Crippen molar-refractivity contribution >= 4 is 29.3 Å². The molecule has 2 aromatic rings. The molecule has 1 atom stereocenters. The van der Waals surface area contributed by atoms with E-state index in [1.54, 1.807) is 5.38 Å². The molecule has 1 N–H and O–H groups in total. The monoisotopic (exact) mass is 362 g/mol. The van der Waals surface area contributed by atoms with Gasteiger partial charge in [0, 0.05) is 10.9 Å². The molecular weight excluding hydrogens is 344 g/mol. The van der Waals surface area contributed by atoms with Gasteiger partial charge >= 0.3 is 12.1 Å². The molecule has 1 aromatic carbocycles. The summed E-state index contributed by atoms with van der Waals surface area (Å²) in [6.07, 6.45) is -2.07. The maximum Gasteiger partial charge on any atom is 0.413 e. The maximum absolute atomic E-state index is 11.9. The number of rotatable bonds is 5. The summed E-state index contributed by atoms with van der Waals surface area (Å²) in [5, 5.41) is 4.52. The number of aromatic nitrogens is 1. The van der Waals surface area contributed by atoms with Gasteiger partial charge < -0.3 is 9.47 Å². The highest BCUT2D eigenvalue weighted by Gasteiger charge is 2.21.